The van der Waals surface area contributed by atoms with E-state index in [0.29, 0.717) is 16.3 Å². The molecule has 2 fully saturated rings. The second kappa shape index (κ2) is 12.5. The predicted molar refractivity (Wildman–Crippen MR) is 118 cm³/mol. The largest absolute Gasteiger partial charge is 0.298 e. The van der Waals surface area contributed by atoms with Crippen molar-refractivity contribution in [1.29, 1.82) is 0 Å². The molecule has 4 unspecified atom stereocenters. The molecule has 2 saturated heterocycles. The summed E-state index contributed by atoms with van der Waals surface area (Å²) in [4.78, 5) is 12.3. The van der Waals surface area contributed by atoms with Gasteiger partial charge in [0.25, 0.3) is 0 Å². The first kappa shape index (κ1) is 21.4. The highest BCUT2D eigenvalue weighted by molar-refractivity contribution is 8.77. The summed E-state index contributed by atoms with van der Waals surface area (Å²) >= 11 is 3.86. The van der Waals surface area contributed by atoms with E-state index in [4.69, 9.17) is 0 Å². The van der Waals surface area contributed by atoms with Crippen molar-refractivity contribution in [2.24, 2.45) is 0 Å². The Morgan fingerprint density at radius 2 is 1.54 bits per heavy atom. The summed E-state index contributed by atoms with van der Waals surface area (Å²) < 4.78 is 0. The van der Waals surface area contributed by atoms with Crippen molar-refractivity contribution < 1.29 is 4.79 Å². The molecule has 0 radical (unpaired) electrons. The van der Waals surface area contributed by atoms with E-state index in [1.54, 1.807) is 0 Å². The molecular formula is C19H34OS4. The fourth-order valence-corrected chi connectivity index (χ4v) is 9.72. The van der Waals surface area contributed by atoms with Gasteiger partial charge in [-0.2, -0.15) is 11.8 Å². The maximum Gasteiger partial charge on any atom is 0.152 e. The van der Waals surface area contributed by atoms with Crippen LogP contribution in [0.5, 0.6) is 0 Å². The third-order valence-electron chi connectivity index (χ3n) is 5.04. The van der Waals surface area contributed by atoms with Gasteiger partial charge >= 0.3 is 0 Å². The zero-order valence-corrected chi connectivity index (χ0v) is 18.6. The number of Topliss-reactive ketones (excluding diaryl/α,β-unsaturated/α-hetero) is 1. The van der Waals surface area contributed by atoms with Gasteiger partial charge in [0.2, 0.25) is 0 Å². The Bertz CT molecular complexity index is 363. The molecule has 4 atom stereocenters. The molecule has 2 heterocycles. The van der Waals surface area contributed by atoms with Crippen molar-refractivity contribution in [3.8, 4) is 0 Å². The fraction of sp³-hybridized carbons (Fsp3) is 0.947. The van der Waals surface area contributed by atoms with Crippen LogP contribution in [-0.4, -0.2) is 38.3 Å². The second-order valence-electron chi connectivity index (χ2n) is 7.19. The summed E-state index contributed by atoms with van der Waals surface area (Å²) in [6, 6.07) is 0. The topological polar surface area (TPSA) is 17.1 Å². The monoisotopic (exact) mass is 406 g/mol. The standard InChI is InChI=1S/C19H34OS4/c1-3-17-10-8-12-19(24-23-17)18-11-7-5-4-6-9-15(2)21-13-16(20)14-22-18/h15,17-19H,3-14H2,1-2H3. The lowest BCUT2D eigenvalue weighted by Crippen LogP contribution is -2.21. The molecule has 24 heavy (non-hydrogen) atoms. The van der Waals surface area contributed by atoms with Gasteiger partial charge in [-0.3, -0.25) is 4.79 Å². The molecule has 0 aromatic heterocycles. The SMILES string of the molecule is CCC1CCCC(C2CCCCCCC(C)SCC(=O)CS2)SS1. The summed E-state index contributed by atoms with van der Waals surface area (Å²) in [7, 11) is 4.28. The van der Waals surface area contributed by atoms with Crippen molar-refractivity contribution >= 4 is 50.9 Å². The Kier molecular flexibility index (Phi) is 11.1. The van der Waals surface area contributed by atoms with Crippen LogP contribution in [0.3, 0.4) is 0 Å². The van der Waals surface area contributed by atoms with E-state index >= 15 is 0 Å². The number of rotatable bonds is 2. The minimum absolute atomic E-state index is 0.457. The molecule has 2 aliphatic heterocycles. The van der Waals surface area contributed by atoms with E-state index in [1.165, 1.54) is 64.2 Å². The Morgan fingerprint density at radius 3 is 2.33 bits per heavy atom. The number of hydrogen-bond acceptors (Lipinski definition) is 5. The van der Waals surface area contributed by atoms with E-state index in [1.807, 2.05) is 23.5 Å². The molecule has 0 aliphatic carbocycles. The number of thioether (sulfide) groups is 2. The summed E-state index contributed by atoms with van der Waals surface area (Å²) in [6.45, 7) is 4.61. The maximum absolute atomic E-state index is 12.3. The highest BCUT2D eigenvalue weighted by Gasteiger charge is 2.27. The van der Waals surface area contributed by atoms with Gasteiger partial charge in [-0.1, -0.05) is 67.5 Å². The smallest absolute Gasteiger partial charge is 0.152 e. The average Bonchev–Trinajstić information content (AvgIpc) is 2.82. The Hall–Kier alpha value is 1.07. The molecule has 2 rings (SSSR count). The predicted octanol–water partition coefficient (Wildman–Crippen LogP) is 6.85. The molecule has 0 aromatic rings. The van der Waals surface area contributed by atoms with E-state index in [2.05, 4.69) is 35.4 Å². The zero-order chi connectivity index (χ0) is 17.2. The van der Waals surface area contributed by atoms with E-state index < -0.39 is 0 Å². The fourth-order valence-electron chi connectivity index (χ4n) is 3.38. The minimum atomic E-state index is 0.457. The molecule has 1 nitrogen and oxygen atoms in total. The van der Waals surface area contributed by atoms with Crippen LogP contribution < -0.4 is 0 Å². The van der Waals surface area contributed by atoms with E-state index in [-0.39, 0.29) is 0 Å². The number of carbonyl (C=O) groups excluding carboxylic acids is 1. The third kappa shape index (κ3) is 8.18. The molecule has 2 aliphatic rings. The number of hydrogen-bond donors (Lipinski definition) is 0. The van der Waals surface area contributed by atoms with Crippen LogP contribution in [0, 0.1) is 0 Å². The lowest BCUT2D eigenvalue weighted by atomic mass is 10.0. The van der Waals surface area contributed by atoms with Gasteiger partial charge in [0.1, 0.15) is 0 Å². The van der Waals surface area contributed by atoms with Crippen molar-refractivity contribution in [2.75, 3.05) is 11.5 Å². The molecular weight excluding hydrogens is 372 g/mol. The van der Waals surface area contributed by atoms with Gasteiger partial charge in [0.15, 0.2) is 5.78 Å². The molecule has 0 spiro atoms. The van der Waals surface area contributed by atoms with Crippen LogP contribution in [0.2, 0.25) is 0 Å². The lowest BCUT2D eigenvalue weighted by Gasteiger charge is -2.25. The Labute approximate surface area is 165 Å². The summed E-state index contributed by atoms with van der Waals surface area (Å²) in [6.07, 6.45) is 13.5. The van der Waals surface area contributed by atoms with Gasteiger partial charge in [-0.15, -0.1) is 11.8 Å². The zero-order valence-electron chi connectivity index (χ0n) is 15.3. The van der Waals surface area contributed by atoms with Crippen LogP contribution >= 0.6 is 45.1 Å². The average molecular weight is 407 g/mol. The quantitative estimate of drug-likeness (QED) is 0.465. The normalized spacial score (nSPS) is 35.3. The maximum atomic E-state index is 12.3. The molecule has 0 N–H and O–H groups in total. The van der Waals surface area contributed by atoms with E-state index in [9.17, 15) is 4.79 Å². The summed E-state index contributed by atoms with van der Waals surface area (Å²) in [5.41, 5.74) is 0. The first-order valence-electron chi connectivity index (χ1n) is 9.76. The van der Waals surface area contributed by atoms with Crippen molar-refractivity contribution in [3.05, 3.63) is 0 Å². The Morgan fingerprint density at radius 1 is 0.833 bits per heavy atom. The molecule has 0 bridgehead atoms. The lowest BCUT2D eigenvalue weighted by molar-refractivity contribution is -0.114. The number of carbonyl (C=O) groups is 1. The van der Waals surface area contributed by atoms with Crippen LogP contribution in [0.15, 0.2) is 0 Å². The van der Waals surface area contributed by atoms with Gasteiger partial charge < -0.3 is 0 Å². The molecule has 0 amide bonds. The van der Waals surface area contributed by atoms with Gasteiger partial charge in [-0.05, 0) is 32.1 Å². The number of ketones is 1. The summed E-state index contributed by atoms with van der Waals surface area (Å²) in [5.74, 6) is 1.92. The van der Waals surface area contributed by atoms with Crippen LogP contribution in [0.1, 0.15) is 78.1 Å². The first-order valence-corrected chi connectivity index (χ1v) is 14.1. The highest BCUT2D eigenvalue weighted by Crippen LogP contribution is 2.45. The first-order chi connectivity index (χ1) is 11.7. The molecule has 5 heteroatoms. The van der Waals surface area contributed by atoms with Crippen LogP contribution in [0.25, 0.3) is 0 Å². The minimum Gasteiger partial charge on any atom is -0.298 e. The van der Waals surface area contributed by atoms with Crippen LogP contribution in [-0.2, 0) is 4.79 Å². The van der Waals surface area contributed by atoms with Gasteiger partial charge in [0.05, 0.1) is 11.5 Å². The van der Waals surface area contributed by atoms with Crippen LogP contribution in [0.4, 0.5) is 0 Å². The molecule has 0 aromatic carbocycles. The van der Waals surface area contributed by atoms with Gasteiger partial charge in [-0.25, -0.2) is 0 Å². The second-order valence-corrected chi connectivity index (χ2v) is 12.7. The van der Waals surface area contributed by atoms with E-state index in [0.717, 1.165) is 22.0 Å². The highest BCUT2D eigenvalue weighted by atomic mass is 33.1. The van der Waals surface area contributed by atoms with Crippen molar-refractivity contribution in [1.82, 2.24) is 0 Å². The van der Waals surface area contributed by atoms with Gasteiger partial charge in [0, 0.05) is 21.0 Å². The van der Waals surface area contributed by atoms with Crippen molar-refractivity contribution in [2.45, 2.75) is 99.1 Å². The molecule has 0 saturated carbocycles. The third-order valence-corrected chi connectivity index (χ3v) is 11.6. The molecule has 140 valence electrons. The summed E-state index contributed by atoms with van der Waals surface area (Å²) in [5, 5.41) is 2.93. The van der Waals surface area contributed by atoms with Crippen molar-refractivity contribution in [3.63, 3.8) is 0 Å². The Balaban J connectivity index is 1.89.